The summed E-state index contributed by atoms with van der Waals surface area (Å²) >= 11 is 0. The quantitative estimate of drug-likeness (QED) is 0.715. The summed E-state index contributed by atoms with van der Waals surface area (Å²) in [7, 11) is 1.54. The molecule has 1 unspecified atom stereocenters. The highest BCUT2D eigenvalue weighted by Crippen LogP contribution is 2.53. The summed E-state index contributed by atoms with van der Waals surface area (Å²) in [4.78, 5) is 38.3. The Morgan fingerprint density at radius 1 is 1.22 bits per heavy atom. The lowest BCUT2D eigenvalue weighted by molar-refractivity contribution is -0.0548. The van der Waals surface area contributed by atoms with E-state index in [1.54, 1.807) is 25.4 Å². The third kappa shape index (κ3) is 3.29. The molecule has 1 aliphatic carbocycles. The number of amides is 2. The molecule has 8 nitrogen and oxygen atoms in total. The van der Waals surface area contributed by atoms with Gasteiger partial charge in [-0.1, -0.05) is 6.07 Å². The predicted octanol–water partition coefficient (Wildman–Crippen LogP) is 3.24. The molecule has 0 N–H and O–H groups in total. The zero-order valence-corrected chi connectivity index (χ0v) is 18.5. The van der Waals surface area contributed by atoms with Crippen molar-refractivity contribution in [1.82, 2.24) is 19.8 Å². The van der Waals surface area contributed by atoms with E-state index in [0.29, 0.717) is 49.8 Å². The number of nitrogens with zero attached hydrogens (tertiary/aromatic N) is 4. The van der Waals surface area contributed by atoms with E-state index in [9.17, 15) is 9.59 Å². The molecule has 3 aliphatic rings. The number of aromatic nitrogens is 2. The summed E-state index contributed by atoms with van der Waals surface area (Å²) in [6.07, 6.45) is 8.30. The molecule has 0 radical (unpaired) electrons. The second-order valence-corrected chi connectivity index (χ2v) is 9.11. The van der Waals surface area contributed by atoms with Crippen molar-refractivity contribution in [3.05, 3.63) is 54.0 Å². The van der Waals surface area contributed by atoms with Gasteiger partial charge >= 0.3 is 6.09 Å². The van der Waals surface area contributed by atoms with Crippen molar-refractivity contribution in [3.8, 4) is 5.88 Å². The van der Waals surface area contributed by atoms with E-state index in [2.05, 4.69) is 16.9 Å². The van der Waals surface area contributed by atoms with Gasteiger partial charge in [0.1, 0.15) is 11.1 Å². The van der Waals surface area contributed by atoms with Crippen molar-refractivity contribution in [1.29, 1.82) is 0 Å². The van der Waals surface area contributed by atoms with Crippen LogP contribution < -0.4 is 4.74 Å². The van der Waals surface area contributed by atoms with Crippen LogP contribution >= 0.6 is 0 Å². The molecule has 2 aromatic heterocycles. The van der Waals surface area contributed by atoms with Crippen molar-refractivity contribution in [3.63, 3.8) is 0 Å². The number of methoxy groups -OCH3 is 1. The predicted molar refractivity (Wildman–Crippen MR) is 116 cm³/mol. The van der Waals surface area contributed by atoms with Crippen LogP contribution in [-0.4, -0.2) is 64.1 Å². The molecule has 3 fully saturated rings. The Morgan fingerprint density at radius 2 is 2.00 bits per heavy atom. The van der Waals surface area contributed by atoms with Crippen molar-refractivity contribution < 1.29 is 19.1 Å². The summed E-state index contributed by atoms with van der Waals surface area (Å²) in [5, 5.41) is 0. The summed E-state index contributed by atoms with van der Waals surface area (Å²) in [5.74, 6) is 0.940. The molecular formula is C24H28N4O4. The van der Waals surface area contributed by atoms with E-state index in [4.69, 9.17) is 9.47 Å². The summed E-state index contributed by atoms with van der Waals surface area (Å²) in [6.45, 7) is 3.81. The van der Waals surface area contributed by atoms with Crippen LogP contribution in [0.4, 0.5) is 4.79 Å². The monoisotopic (exact) mass is 436 g/mol. The van der Waals surface area contributed by atoms with Crippen LogP contribution in [0.25, 0.3) is 0 Å². The molecule has 5 rings (SSSR count). The first kappa shape index (κ1) is 20.7. The number of carbonyl (C=O) groups is 2. The van der Waals surface area contributed by atoms with Gasteiger partial charge in [-0.15, -0.1) is 0 Å². The normalized spacial score (nSPS) is 24.5. The summed E-state index contributed by atoms with van der Waals surface area (Å²) < 4.78 is 11.2. The van der Waals surface area contributed by atoms with Gasteiger partial charge < -0.3 is 14.4 Å². The molecule has 32 heavy (non-hydrogen) atoms. The Morgan fingerprint density at radius 3 is 2.59 bits per heavy atom. The molecule has 8 heteroatoms. The number of pyridine rings is 2. The van der Waals surface area contributed by atoms with Gasteiger partial charge in [0, 0.05) is 57.1 Å². The van der Waals surface area contributed by atoms with E-state index < -0.39 is 11.1 Å². The Labute approximate surface area is 187 Å². The zero-order valence-electron chi connectivity index (χ0n) is 18.5. The maximum absolute atomic E-state index is 13.1. The number of likely N-dealkylation sites (tertiary alicyclic amines) is 1. The molecule has 2 aromatic rings. The van der Waals surface area contributed by atoms with Gasteiger partial charge in [0.15, 0.2) is 0 Å². The summed E-state index contributed by atoms with van der Waals surface area (Å²) in [5.41, 5.74) is 0.176. The van der Waals surface area contributed by atoms with Crippen LogP contribution in [0.5, 0.6) is 5.88 Å². The molecule has 2 amide bonds. The lowest BCUT2D eigenvalue weighted by atomic mass is 9.70. The number of piperidine rings is 1. The van der Waals surface area contributed by atoms with Gasteiger partial charge in [0.05, 0.1) is 12.7 Å². The Bertz CT molecular complexity index is 1000. The molecule has 0 bridgehead atoms. The minimum absolute atomic E-state index is 0.0720. The fourth-order valence-electron chi connectivity index (χ4n) is 5.11. The highest BCUT2D eigenvalue weighted by molar-refractivity contribution is 5.94. The number of ether oxygens (including phenoxy) is 2. The van der Waals surface area contributed by atoms with Crippen LogP contribution in [0.1, 0.15) is 48.5 Å². The van der Waals surface area contributed by atoms with Crippen LogP contribution in [-0.2, 0) is 10.3 Å². The van der Waals surface area contributed by atoms with Crippen LogP contribution in [0.3, 0.4) is 0 Å². The number of hydrogen-bond donors (Lipinski definition) is 0. The minimum atomic E-state index is -0.697. The van der Waals surface area contributed by atoms with Gasteiger partial charge in [0.2, 0.25) is 5.88 Å². The molecular weight excluding hydrogens is 408 g/mol. The fourth-order valence-corrected chi connectivity index (χ4v) is 5.11. The van der Waals surface area contributed by atoms with E-state index in [1.165, 1.54) is 6.20 Å². The third-order valence-corrected chi connectivity index (χ3v) is 7.34. The standard InChI is InChI=1S/C24H28N4O4/c1-23(19-4-3-11-25-15-19)24(32-22(30)28(23)16-17-5-6-17)9-12-27(13-10-24)21(29)18-7-8-20(31-2)26-14-18/h3-4,7-8,11,14-15,17H,5-6,9-10,12-13,16H2,1-2H3. The second kappa shape index (κ2) is 7.76. The first-order valence-corrected chi connectivity index (χ1v) is 11.2. The van der Waals surface area contributed by atoms with Gasteiger partial charge in [-0.2, -0.15) is 0 Å². The maximum Gasteiger partial charge on any atom is 0.411 e. The smallest absolute Gasteiger partial charge is 0.411 e. The Hall–Kier alpha value is -3.16. The van der Waals surface area contributed by atoms with Gasteiger partial charge in [0.25, 0.3) is 5.91 Å². The van der Waals surface area contributed by atoms with Gasteiger partial charge in [-0.3, -0.25) is 14.7 Å². The molecule has 2 saturated heterocycles. The van der Waals surface area contributed by atoms with E-state index in [0.717, 1.165) is 18.4 Å². The van der Waals surface area contributed by atoms with E-state index >= 15 is 0 Å². The van der Waals surface area contributed by atoms with Crippen molar-refractivity contribution in [2.24, 2.45) is 5.92 Å². The largest absolute Gasteiger partial charge is 0.481 e. The lowest BCUT2D eigenvalue weighted by Gasteiger charge is -2.48. The lowest BCUT2D eigenvalue weighted by Crippen LogP contribution is -2.59. The van der Waals surface area contributed by atoms with E-state index in [-0.39, 0.29) is 12.0 Å². The average Bonchev–Trinajstić information content (AvgIpc) is 3.64. The number of carbonyl (C=O) groups excluding carboxylic acids is 2. The van der Waals surface area contributed by atoms with Crippen molar-refractivity contribution in [2.75, 3.05) is 26.7 Å². The maximum atomic E-state index is 13.1. The molecule has 168 valence electrons. The first-order chi connectivity index (χ1) is 15.5. The molecule has 4 heterocycles. The molecule has 0 aromatic carbocycles. The molecule has 1 saturated carbocycles. The fraction of sp³-hybridized carbons (Fsp3) is 0.500. The zero-order chi connectivity index (χ0) is 22.3. The second-order valence-electron chi connectivity index (χ2n) is 9.11. The van der Waals surface area contributed by atoms with Crippen LogP contribution in [0.15, 0.2) is 42.9 Å². The first-order valence-electron chi connectivity index (χ1n) is 11.2. The van der Waals surface area contributed by atoms with Crippen LogP contribution in [0.2, 0.25) is 0 Å². The Balaban J connectivity index is 1.40. The minimum Gasteiger partial charge on any atom is -0.481 e. The molecule has 2 aliphatic heterocycles. The molecule has 1 atom stereocenters. The third-order valence-electron chi connectivity index (χ3n) is 7.34. The summed E-state index contributed by atoms with van der Waals surface area (Å²) in [6, 6.07) is 7.34. The van der Waals surface area contributed by atoms with Crippen molar-refractivity contribution in [2.45, 2.75) is 43.7 Å². The highest BCUT2D eigenvalue weighted by atomic mass is 16.6. The highest BCUT2D eigenvalue weighted by Gasteiger charge is 2.64. The number of rotatable bonds is 5. The van der Waals surface area contributed by atoms with Gasteiger partial charge in [-0.05, 0) is 43.4 Å². The number of hydrogen-bond acceptors (Lipinski definition) is 6. The van der Waals surface area contributed by atoms with E-state index in [1.807, 2.05) is 28.1 Å². The van der Waals surface area contributed by atoms with Crippen molar-refractivity contribution >= 4 is 12.0 Å². The molecule has 1 spiro atoms. The topological polar surface area (TPSA) is 84.9 Å². The van der Waals surface area contributed by atoms with Crippen LogP contribution in [0, 0.1) is 5.92 Å². The van der Waals surface area contributed by atoms with Gasteiger partial charge in [-0.25, -0.2) is 9.78 Å². The average molecular weight is 437 g/mol. The Kier molecular flexibility index (Phi) is 5.03. The SMILES string of the molecule is COc1ccc(C(=O)N2CCC3(CC2)OC(=O)N(CC2CC2)C3(C)c2cccnc2)cn1.